The van der Waals surface area contributed by atoms with Gasteiger partial charge in [-0.15, -0.1) is 0 Å². The summed E-state index contributed by atoms with van der Waals surface area (Å²) in [5.74, 6) is 0. The van der Waals surface area contributed by atoms with Gasteiger partial charge in [0.25, 0.3) is 0 Å². The fourth-order valence-electron chi connectivity index (χ4n) is 1.46. The molecule has 2 heteroatoms. The van der Waals surface area contributed by atoms with Crippen LogP contribution in [0.25, 0.3) is 0 Å². The molecule has 17 heavy (non-hydrogen) atoms. The number of hydrogen-bond donors (Lipinski definition) is 0. The van der Waals surface area contributed by atoms with Crippen molar-refractivity contribution >= 4 is 5.71 Å². The third kappa shape index (κ3) is 3.45. The molecule has 0 bridgehead atoms. The van der Waals surface area contributed by atoms with Crippen LogP contribution in [0.1, 0.15) is 18.1 Å². The van der Waals surface area contributed by atoms with E-state index in [1.807, 2.05) is 61.5 Å². The van der Waals surface area contributed by atoms with Gasteiger partial charge in [-0.1, -0.05) is 59.8 Å². The molecule has 1 radical (unpaired) electrons. The SMILES string of the molecule is C/C(=N\OCc1ccccc1)c1cc[c]cc1. The largest absolute Gasteiger partial charge is 0.391 e. The molecule has 0 aliphatic carbocycles. The average molecular weight is 224 g/mol. The Morgan fingerprint density at radius 1 is 1.12 bits per heavy atom. The van der Waals surface area contributed by atoms with Crippen molar-refractivity contribution in [2.24, 2.45) is 5.16 Å². The molecular weight excluding hydrogens is 210 g/mol. The van der Waals surface area contributed by atoms with Crippen LogP contribution in [-0.2, 0) is 11.4 Å². The number of benzene rings is 2. The molecular formula is C15H14NO. The highest BCUT2D eigenvalue weighted by Gasteiger charge is 1.96. The lowest BCUT2D eigenvalue weighted by Gasteiger charge is -2.02. The van der Waals surface area contributed by atoms with Crippen LogP contribution in [-0.4, -0.2) is 5.71 Å². The summed E-state index contributed by atoms with van der Waals surface area (Å²) in [6.07, 6.45) is 0. The van der Waals surface area contributed by atoms with Crippen LogP contribution >= 0.6 is 0 Å². The van der Waals surface area contributed by atoms with Crippen LogP contribution in [0.3, 0.4) is 0 Å². The smallest absolute Gasteiger partial charge is 0.142 e. The molecule has 2 nitrogen and oxygen atoms in total. The lowest BCUT2D eigenvalue weighted by Crippen LogP contribution is -1.96. The zero-order valence-corrected chi connectivity index (χ0v) is 9.76. The second-order valence-corrected chi connectivity index (χ2v) is 3.72. The van der Waals surface area contributed by atoms with E-state index in [0.717, 1.165) is 16.8 Å². The molecule has 0 aliphatic rings. The Bertz CT molecular complexity index is 477. The van der Waals surface area contributed by atoms with E-state index in [2.05, 4.69) is 11.2 Å². The molecule has 0 aliphatic heterocycles. The van der Waals surface area contributed by atoms with E-state index in [1.165, 1.54) is 0 Å². The maximum absolute atomic E-state index is 5.31. The summed E-state index contributed by atoms with van der Waals surface area (Å²) in [6, 6.07) is 20.6. The summed E-state index contributed by atoms with van der Waals surface area (Å²) in [7, 11) is 0. The first-order valence-corrected chi connectivity index (χ1v) is 5.53. The summed E-state index contributed by atoms with van der Waals surface area (Å²) in [5, 5.41) is 4.09. The highest BCUT2D eigenvalue weighted by molar-refractivity contribution is 5.98. The van der Waals surface area contributed by atoms with Crippen LogP contribution in [0.2, 0.25) is 0 Å². The Hall–Kier alpha value is -2.09. The van der Waals surface area contributed by atoms with Crippen LogP contribution < -0.4 is 0 Å². The first-order chi connectivity index (χ1) is 8.36. The molecule has 2 aromatic rings. The normalized spacial score (nSPS) is 11.2. The van der Waals surface area contributed by atoms with Gasteiger partial charge in [-0.2, -0.15) is 0 Å². The van der Waals surface area contributed by atoms with Gasteiger partial charge in [0.15, 0.2) is 0 Å². The molecule has 0 aromatic heterocycles. The lowest BCUT2D eigenvalue weighted by molar-refractivity contribution is 0.130. The maximum atomic E-state index is 5.31. The quantitative estimate of drug-likeness (QED) is 0.576. The highest BCUT2D eigenvalue weighted by Crippen LogP contribution is 2.04. The Morgan fingerprint density at radius 2 is 1.82 bits per heavy atom. The van der Waals surface area contributed by atoms with Crippen molar-refractivity contribution in [3.8, 4) is 0 Å². The van der Waals surface area contributed by atoms with E-state index in [0.29, 0.717) is 6.61 Å². The van der Waals surface area contributed by atoms with Gasteiger partial charge in [0.05, 0.1) is 5.71 Å². The third-order valence-corrected chi connectivity index (χ3v) is 2.41. The van der Waals surface area contributed by atoms with Crippen molar-refractivity contribution in [1.82, 2.24) is 0 Å². The summed E-state index contributed by atoms with van der Waals surface area (Å²) in [6.45, 7) is 2.43. The van der Waals surface area contributed by atoms with E-state index < -0.39 is 0 Å². The number of oxime groups is 1. The van der Waals surface area contributed by atoms with E-state index in [9.17, 15) is 0 Å². The second-order valence-electron chi connectivity index (χ2n) is 3.72. The van der Waals surface area contributed by atoms with Crippen LogP contribution in [0.15, 0.2) is 59.8 Å². The van der Waals surface area contributed by atoms with Gasteiger partial charge < -0.3 is 4.84 Å². The van der Waals surface area contributed by atoms with Gasteiger partial charge >= 0.3 is 0 Å². The van der Waals surface area contributed by atoms with Crippen molar-refractivity contribution < 1.29 is 4.84 Å². The summed E-state index contributed by atoms with van der Waals surface area (Å²) in [5.41, 5.74) is 3.04. The molecule has 0 spiro atoms. The Kier molecular flexibility index (Phi) is 3.92. The van der Waals surface area contributed by atoms with Crippen LogP contribution in [0, 0.1) is 6.07 Å². The monoisotopic (exact) mass is 224 g/mol. The molecule has 0 unspecified atom stereocenters. The van der Waals surface area contributed by atoms with Crippen molar-refractivity contribution in [2.75, 3.05) is 0 Å². The van der Waals surface area contributed by atoms with Crippen molar-refractivity contribution in [1.29, 1.82) is 0 Å². The van der Waals surface area contributed by atoms with Crippen LogP contribution in [0.5, 0.6) is 0 Å². The van der Waals surface area contributed by atoms with Gasteiger partial charge in [0.2, 0.25) is 0 Å². The van der Waals surface area contributed by atoms with Gasteiger partial charge in [-0.3, -0.25) is 0 Å². The highest BCUT2D eigenvalue weighted by atomic mass is 16.6. The van der Waals surface area contributed by atoms with Crippen LogP contribution in [0.4, 0.5) is 0 Å². The average Bonchev–Trinajstić information content (AvgIpc) is 2.41. The molecule has 2 rings (SSSR count). The fourth-order valence-corrected chi connectivity index (χ4v) is 1.46. The first-order valence-electron chi connectivity index (χ1n) is 5.53. The van der Waals surface area contributed by atoms with Gasteiger partial charge in [-0.25, -0.2) is 0 Å². The Morgan fingerprint density at radius 3 is 2.53 bits per heavy atom. The molecule has 0 amide bonds. The molecule has 85 valence electrons. The predicted molar refractivity (Wildman–Crippen MR) is 68.7 cm³/mol. The Labute approximate surface area is 102 Å². The van der Waals surface area contributed by atoms with Gasteiger partial charge in [0, 0.05) is 0 Å². The molecule has 0 fully saturated rings. The van der Waals surface area contributed by atoms with Crippen molar-refractivity contribution in [3.63, 3.8) is 0 Å². The number of nitrogens with zero attached hydrogens (tertiary/aromatic N) is 1. The minimum atomic E-state index is 0.497. The van der Waals surface area contributed by atoms with Crippen molar-refractivity contribution in [2.45, 2.75) is 13.5 Å². The Balaban J connectivity index is 1.93. The zero-order chi connectivity index (χ0) is 11.9. The first kappa shape index (κ1) is 11.4. The number of rotatable bonds is 4. The predicted octanol–water partition coefficient (Wildman–Crippen LogP) is 3.43. The molecule has 0 N–H and O–H groups in total. The standard InChI is InChI=1S/C15H14NO/c1-13(15-10-6-3-7-11-15)16-17-12-14-8-4-2-5-9-14/h2,4-11H,12H2,1H3/b16-13+. The maximum Gasteiger partial charge on any atom is 0.142 e. The van der Waals surface area contributed by atoms with E-state index in [-0.39, 0.29) is 0 Å². The summed E-state index contributed by atoms with van der Waals surface area (Å²) in [4.78, 5) is 5.31. The second kappa shape index (κ2) is 5.85. The molecule has 2 aromatic carbocycles. The van der Waals surface area contributed by atoms with Gasteiger partial charge in [-0.05, 0) is 24.1 Å². The fraction of sp³-hybridized carbons (Fsp3) is 0.133. The molecule has 0 saturated carbocycles. The number of hydrogen-bond acceptors (Lipinski definition) is 2. The van der Waals surface area contributed by atoms with E-state index in [4.69, 9.17) is 4.84 Å². The van der Waals surface area contributed by atoms with Crippen molar-refractivity contribution in [3.05, 3.63) is 71.8 Å². The zero-order valence-electron chi connectivity index (χ0n) is 9.76. The summed E-state index contributed by atoms with van der Waals surface area (Å²) >= 11 is 0. The lowest BCUT2D eigenvalue weighted by atomic mass is 10.1. The summed E-state index contributed by atoms with van der Waals surface area (Å²) < 4.78 is 0. The third-order valence-electron chi connectivity index (χ3n) is 2.41. The van der Waals surface area contributed by atoms with E-state index in [1.54, 1.807) is 0 Å². The van der Waals surface area contributed by atoms with E-state index >= 15 is 0 Å². The topological polar surface area (TPSA) is 21.6 Å². The van der Waals surface area contributed by atoms with Gasteiger partial charge in [0.1, 0.15) is 6.61 Å². The minimum absolute atomic E-state index is 0.497. The molecule has 0 saturated heterocycles. The molecule has 0 atom stereocenters. The molecule has 0 heterocycles. The minimum Gasteiger partial charge on any atom is -0.391 e.